The summed E-state index contributed by atoms with van der Waals surface area (Å²) in [6, 6.07) is 14.2. The van der Waals surface area contributed by atoms with E-state index in [1.165, 1.54) is 0 Å². The molecule has 0 fully saturated rings. The predicted molar refractivity (Wildman–Crippen MR) is 106 cm³/mol. The fraction of sp³-hybridized carbons (Fsp3) is 0.150. The Bertz CT molecular complexity index is 1130. The molecule has 1 heterocycles. The van der Waals surface area contributed by atoms with E-state index in [0.29, 0.717) is 16.4 Å². The van der Waals surface area contributed by atoms with Crippen molar-refractivity contribution in [2.24, 2.45) is 4.99 Å². The molecular weight excluding hydrogens is 366 g/mol. The number of aliphatic imine (C=N–C) groups is 1. The third-order valence-corrected chi connectivity index (χ3v) is 4.55. The van der Waals surface area contributed by atoms with E-state index in [9.17, 15) is 14.7 Å². The maximum Gasteiger partial charge on any atom is 0.335 e. The van der Waals surface area contributed by atoms with E-state index in [0.717, 1.165) is 15.7 Å². The van der Waals surface area contributed by atoms with E-state index in [4.69, 9.17) is 11.6 Å². The standard InChI is InChI=1S/C20H18ClN3O3/c1-12-7-9-15(10-8-12)24-19(26)17(18(25)23-20(24)27)13(2)22-11-14-5-3-4-6-16(14)21/h3-10,26H,11H2,1-2H3,(H,23,25,27). The minimum Gasteiger partial charge on any atom is -0.493 e. The highest BCUT2D eigenvalue weighted by Crippen LogP contribution is 2.19. The summed E-state index contributed by atoms with van der Waals surface area (Å²) in [4.78, 5) is 31.1. The summed E-state index contributed by atoms with van der Waals surface area (Å²) in [6.07, 6.45) is 0. The smallest absolute Gasteiger partial charge is 0.335 e. The maximum atomic E-state index is 12.3. The molecule has 0 aliphatic heterocycles. The zero-order chi connectivity index (χ0) is 19.6. The van der Waals surface area contributed by atoms with Crippen molar-refractivity contribution in [1.29, 1.82) is 0 Å². The lowest BCUT2D eigenvalue weighted by atomic mass is 10.2. The van der Waals surface area contributed by atoms with Gasteiger partial charge in [-0.25, -0.2) is 9.36 Å². The van der Waals surface area contributed by atoms with Gasteiger partial charge in [-0.05, 0) is 37.6 Å². The lowest BCUT2D eigenvalue weighted by Gasteiger charge is -2.12. The molecule has 0 aliphatic carbocycles. The zero-order valence-corrected chi connectivity index (χ0v) is 15.6. The molecule has 0 unspecified atom stereocenters. The van der Waals surface area contributed by atoms with Gasteiger partial charge in [0.2, 0.25) is 5.88 Å². The first-order chi connectivity index (χ1) is 12.9. The van der Waals surface area contributed by atoms with Gasteiger partial charge in [0, 0.05) is 5.02 Å². The summed E-state index contributed by atoms with van der Waals surface area (Å²) in [6.45, 7) is 3.76. The topological polar surface area (TPSA) is 87.4 Å². The third kappa shape index (κ3) is 3.85. The molecule has 0 radical (unpaired) electrons. The SMILES string of the molecule is CC(=NCc1ccccc1Cl)c1c(O)n(-c2ccc(C)cc2)c(=O)[nH]c1=O. The highest BCUT2D eigenvalue weighted by molar-refractivity contribution is 6.31. The van der Waals surface area contributed by atoms with Crippen molar-refractivity contribution < 1.29 is 5.11 Å². The van der Waals surface area contributed by atoms with Gasteiger partial charge in [0.1, 0.15) is 5.56 Å². The van der Waals surface area contributed by atoms with Crippen LogP contribution in [0.1, 0.15) is 23.6 Å². The number of nitrogens with one attached hydrogen (secondary N) is 1. The number of aromatic hydroxyl groups is 1. The Balaban J connectivity index is 2.07. The minimum absolute atomic E-state index is 0.0535. The Hall–Kier alpha value is -3.12. The van der Waals surface area contributed by atoms with Gasteiger partial charge in [0.05, 0.1) is 17.9 Å². The highest BCUT2D eigenvalue weighted by atomic mass is 35.5. The van der Waals surface area contributed by atoms with E-state index in [1.807, 2.05) is 37.3 Å². The fourth-order valence-corrected chi connectivity index (χ4v) is 2.89. The van der Waals surface area contributed by atoms with Crippen molar-refractivity contribution in [1.82, 2.24) is 9.55 Å². The van der Waals surface area contributed by atoms with E-state index in [2.05, 4.69) is 9.98 Å². The van der Waals surface area contributed by atoms with Crippen LogP contribution in [0.4, 0.5) is 0 Å². The van der Waals surface area contributed by atoms with Gasteiger partial charge in [0.15, 0.2) is 0 Å². The first kappa shape index (κ1) is 18.7. The van der Waals surface area contributed by atoms with Crippen molar-refractivity contribution in [3.63, 3.8) is 0 Å². The molecule has 138 valence electrons. The number of aromatic nitrogens is 2. The van der Waals surface area contributed by atoms with Gasteiger partial charge in [0.25, 0.3) is 5.56 Å². The monoisotopic (exact) mass is 383 g/mol. The first-order valence-corrected chi connectivity index (χ1v) is 8.66. The molecule has 0 amide bonds. The number of aryl methyl sites for hydroxylation is 1. The first-order valence-electron chi connectivity index (χ1n) is 8.28. The van der Waals surface area contributed by atoms with Crippen LogP contribution in [-0.2, 0) is 6.54 Å². The second-order valence-electron chi connectivity index (χ2n) is 6.12. The van der Waals surface area contributed by atoms with Crippen LogP contribution in [0.3, 0.4) is 0 Å². The molecule has 1 aromatic heterocycles. The van der Waals surface area contributed by atoms with Crippen molar-refractivity contribution in [3.8, 4) is 11.6 Å². The summed E-state index contributed by atoms with van der Waals surface area (Å²) < 4.78 is 1.05. The Kier molecular flexibility index (Phi) is 5.28. The Labute approximate surface area is 160 Å². The van der Waals surface area contributed by atoms with E-state index >= 15 is 0 Å². The summed E-state index contributed by atoms with van der Waals surface area (Å²) in [7, 11) is 0. The average molecular weight is 384 g/mol. The highest BCUT2D eigenvalue weighted by Gasteiger charge is 2.17. The van der Waals surface area contributed by atoms with Crippen LogP contribution in [0, 0.1) is 6.92 Å². The summed E-state index contributed by atoms with van der Waals surface area (Å²) in [5, 5.41) is 11.2. The van der Waals surface area contributed by atoms with Crippen molar-refractivity contribution in [3.05, 3.63) is 91.1 Å². The minimum atomic E-state index is -0.719. The Morgan fingerprint density at radius 1 is 1.15 bits per heavy atom. The molecule has 3 rings (SSSR count). The quantitative estimate of drug-likeness (QED) is 0.678. The second-order valence-corrected chi connectivity index (χ2v) is 6.53. The summed E-state index contributed by atoms with van der Waals surface area (Å²) in [5.74, 6) is -0.451. The lowest BCUT2D eigenvalue weighted by molar-refractivity contribution is 0.429. The van der Waals surface area contributed by atoms with Gasteiger partial charge in [-0.15, -0.1) is 0 Å². The molecule has 27 heavy (non-hydrogen) atoms. The van der Waals surface area contributed by atoms with E-state index in [-0.39, 0.29) is 12.1 Å². The Morgan fingerprint density at radius 2 is 1.81 bits per heavy atom. The molecule has 0 saturated heterocycles. The third-order valence-electron chi connectivity index (χ3n) is 4.18. The predicted octanol–water partition coefficient (Wildman–Crippen LogP) is 3.20. The number of aromatic amines is 1. The molecule has 0 spiro atoms. The van der Waals surface area contributed by atoms with Crippen molar-refractivity contribution in [2.45, 2.75) is 20.4 Å². The molecule has 0 aliphatic rings. The summed E-state index contributed by atoms with van der Waals surface area (Å²) >= 11 is 6.12. The molecule has 0 atom stereocenters. The number of hydrogen-bond donors (Lipinski definition) is 2. The van der Waals surface area contributed by atoms with Crippen molar-refractivity contribution >= 4 is 17.3 Å². The molecule has 7 heteroatoms. The van der Waals surface area contributed by atoms with Gasteiger partial charge in [-0.1, -0.05) is 47.5 Å². The Morgan fingerprint density at radius 3 is 2.48 bits per heavy atom. The van der Waals surface area contributed by atoms with Crippen LogP contribution in [0.15, 0.2) is 63.1 Å². The number of H-pyrrole nitrogens is 1. The molecule has 2 aromatic carbocycles. The molecule has 6 nitrogen and oxygen atoms in total. The molecule has 3 aromatic rings. The molecular formula is C20H18ClN3O3. The van der Waals surface area contributed by atoms with Crippen molar-refractivity contribution in [2.75, 3.05) is 0 Å². The van der Waals surface area contributed by atoms with E-state index in [1.54, 1.807) is 25.1 Å². The number of hydrogen-bond acceptors (Lipinski definition) is 4. The molecule has 0 bridgehead atoms. The average Bonchev–Trinajstić information content (AvgIpc) is 2.62. The lowest BCUT2D eigenvalue weighted by Crippen LogP contribution is -2.32. The number of benzene rings is 2. The van der Waals surface area contributed by atoms with Crippen LogP contribution in [0.5, 0.6) is 5.88 Å². The van der Waals surface area contributed by atoms with Gasteiger partial charge in [-0.2, -0.15) is 0 Å². The van der Waals surface area contributed by atoms with Crippen LogP contribution in [0.25, 0.3) is 5.69 Å². The van der Waals surface area contributed by atoms with Gasteiger partial charge < -0.3 is 5.11 Å². The van der Waals surface area contributed by atoms with Gasteiger partial charge >= 0.3 is 5.69 Å². The van der Waals surface area contributed by atoms with Crippen LogP contribution in [0.2, 0.25) is 5.02 Å². The molecule has 0 saturated carbocycles. The summed E-state index contributed by atoms with van der Waals surface area (Å²) in [5.41, 5.74) is 1.08. The zero-order valence-electron chi connectivity index (χ0n) is 14.9. The van der Waals surface area contributed by atoms with E-state index < -0.39 is 17.1 Å². The molecule has 2 N–H and O–H groups in total. The van der Waals surface area contributed by atoms with Crippen LogP contribution < -0.4 is 11.2 Å². The van der Waals surface area contributed by atoms with Crippen LogP contribution >= 0.6 is 11.6 Å². The normalized spacial score (nSPS) is 11.6. The number of nitrogens with zero attached hydrogens (tertiary/aromatic N) is 2. The number of rotatable bonds is 4. The largest absolute Gasteiger partial charge is 0.493 e. The van der Waals surface area contributed by atoms with Crippen LogP contribution in [-0.4, -0.2) is 20.4 Å². The van der Waals surface area contributed by atoms with Gasteiger partial charge in [-0.3, -0.25) is 14.8 Å². The second kappa shape index (κ2) is 7.63. The fourth-order valence-electron chi connectivity index (χ4n) is 2.69. The maximum absolute atomic E-state index is 12.3. The number of halogens is 1.